The van der Waals surface area contributed by atoms with E-state index in [0.29, 0.717) is 24.1 Å². The lowest BCUT2D eigenvalue weighted by Gasteiger charge is -1.99. The van der Waals surface area contributed by atoms with Crippen molar-refractivity contribution in [2.24, 2.45) is 0 Å². The molecule has 0 fully saturated rings. The maximum absolute atomic E-state index is 5.88. The molecule has 1 aromatic carbocycles. The van der Waals surface area contributed by atoms with Crippen molar-refractivity contribution in [3.05, 3.63) is 59.8 Å². The van der Waals surface area contributed by atoms with Crippen molar-refractivity contribution in [3.63, 3.8) is 0 Å². The van der Waals surface area contributed by atoms with Crippen molar-refractivity contribution in [2.75, 3.05) is 5.32 Å². The molecule has 0 bridgehead atoms. The number of allylic oxidation sites excluding steroid dienone is 1. The SMILES string of the molecule is C=CCn1nnc(NCc2ccc(-c3ccc(Cl)cc3)o2)n1. The second kappa shape index (κ2) is 6.44. The Labute approximate surface area is 132 Å². The minimum atomic E-state index is 0.450. The van der Waals surface area contributed by atoms with Gasteiger partial charge in [-0.15, -0.1) is 11.7 Å². The van der Waals surface area contributed by atoms with E-state index in [1.807, 2.05) is 36.4 Å². The lowest BCUT2D eigenvalue weighted by Crippen LogP contribution is -2.02. The Hall–Kier alpha value is -2.60. The predicted octanol–water partition coefficient (Wildman–Crippen LogP) is 3.38. The van der Waals surface area contributed by atoms with Crippen molar-refractivity contribution >= 4 is 17.5 Å². The number of rotatable bonds is 6. The number of benzene rings is 1. The predicted molar refractivity (Wildman–Crippen MR) is 84.5 cm³/mol. The van der Waals surface area contributed by atoms with E-state index in [1.165, 1.54) is 4.80 Å². The molecule has 0 aliphatic heterocycles. The maximum atomic E-state index is 5.88. The number of furan rings is 1. The minimum Gasteiger partial charge on any atom is -0.459 e. The van der Waals surface area contributed by atoms with Crippen LogP contribution in [0.15, 0.2) is 53.5 Å². The lowest BCUT2D eigenvalue weighted by atomic mass is 10.2. The Morgan fingerprint density at radius 1 is 1.23 bits per heavy atom. The van der Waals surface area contributed by atoms with Crippen molar-refractivity contribution < 1.29 is 4.42 Å². The van der Waals surface area contributed by atoms with E-state index in [9.17, 15) is 0 Å². The molecule has 112 valence electrons. The van der Waals surface area contributed by atoms with Crippen LogP contribution < -0.4 is 5.32 Å². The summed E-state index contributed by atoms with van der Waals surface area (Å²) in [5, 5.41) is 15.7. The second-order valence-electron chi connectivity index (χ2n) is 4.58. The number of tetrazole rings is 1. The van der Waals surface area contributed by atoms with E-state index >= 15 is 0 Å². The summed E-state index contributed by atoms with van der Waals surface area (Å²) in [6, 6.07) is 11.3. The standard InChI is InChI=1S/C15H14ClN5O/c1-2-9-21-19-15(18-20-21)17-10-13-7-8-14(22-13)11-3-5-12(16)6-4-11/h2-8H,1,9-10H2,(H,17,19). The molecule has 0 spiro atoms. The van der Waals surface area contributed by atoms with E-state index in [0.717, 1.165) is 17.1 Å². The maximum Gasteiger partial charge on any atom is 0.263 e. The van der Waals surface area contributed by atoms with Crippen LogP contribution in [0.1, 0.15) is 5.76 Å². The highest BCUT2D eigenvalue weighted by atomic mass is 35.5. The van der Waals surface area contributed by atoms with E-state index in [-0.39, 0.29) is 0 Å². The second-order valence-corrected chi connectivity index (χ2v) is 5.02. The van der Waals surface area contributed by atoms with Gasteiger partial charge in [-0.25, -0.2) is 0 Å². The van der Waals surface area contributed by atoms with Crippen LogP contribution in [-0.2, 0) is 13.1 Å². The third-order valence-electron chi connectivity index (χ3n) is 2.96. The first kappa shape index (κ1) is 14.3. The molecule has 0 saturated carbocycles. The Balaban J connectivity index is 1.63. The minimum absolute atomic E-state index is 0.450. The smallest absolute Gasteiger partial charge is 0.263 e. The summed E-state index contributed by atoms with van der Waals surface area (Å²) in [4.78, 5) is 1.45. The Morgan fingerprint density at radius 3 is 2.82 bits per heavy atom. The van der Waals surface area contributed by atoms with Crippen molar-refractivity contribution in [1.82, 2.24) is 20.2 Å². The first-order chi connectivity index (χ1) is 10.7. The highest BCUT2D eigenvalue weighted by molar-refractivity contribution is 6.30. The van der Waals surface area contributed by atoms with E-state index in [1.54, 1.807) is 6.08 Å². The van der Waals surface area contributed by atoms with Gasteiger partial charge in [0.25, 0.3) is 5.95 Å². The zero-order chi connectivity index (χ0) is 15.4. The third kappa shape index (κ3) is 3.35. The third-order valence-corrected chi connectivity index (χ3v) is 3.21. The van der Waals surface area contributed by atoms with E-state index in [2.05, 4.69) is 27.3 Å². The number of halogens is 1. The zero-order valence-corrected chi connectivity index (χ0v) is 12.5. The van der Waals surface area contributed by atoms with Gasteiger partial charge in [0, 0.05) is 10.6 Å². The molecular formula is C15H14ClN5O. The summed E-state index contributed by atoms with van der Waals surface area (Å²) in [6.07, 6.45) is 1.70. The number of hydrogen-bond acceptors (Lipinski definition) is 5. The van der Waals surface area contributed by atoms with Gasteiger partial charge in [0.15, 0.2) is 0 Å². The van der Waals surface area contributed by atoms with Gasteiger partial charge in [0.1, 0.15) is 11.5 Å². The van der Waals surface area contributed by atoms with Gasteiger partial charge in [-0.2, -0.15) is 4.80 Å². The van der Waals surface area contributed by atoms with Gasteiger partial charge in [-0.3, -0.25) is 0 Å². The molecule has 22 heavy (non-hydrogen) atoms. The van der Waals surface area contributed by atoms with E-state index < -0.39 is 0 Å². The molecule has 0 amide bonds. The molecule has 3 rings (SSSR count). The molecule has 2 heterocycles. The van der Waals surface area contributed by atoms with Crippen LogP contribution in [0.5, 0.6) is 0 Å². The molecule has 0 aliphatic carbocycles. The van der Waals surface area contributed by atoms with Gasteiger partial charge in [-0.1, -0.05) is 22.8 Å². The number of aromatic nitrogens is 4. The van der Waals surface area contributed by atoms with Crippen LogP contribution in [0.2, 0.25) is 5.02 Å². The molecule has 0 unspecified atom stereocenters. The number of hydrogen-bond donors (Lipinski definition) is 1. The first-order valence-corrected chi connectivity index (χ1v) is 7.09. The Kier molecular flexibility index (Phi) is 4.20. The summed E-state index contributed by atoms with van der Waals surface area (Å²) in [5.74, 6) is 2.02. The lowest BCUT2D eigenvalue weighted by molar-refractivity contribution is 0.530. The molecule has 0 atom stereocenters. The average molecular weight is 316 g/mol. The number of nitrogens with one attached hydrogen (secondary N) is 1. The van der Waals surface area contributed by atoms with Crippen LogP contribution in [0.3, 0.4) is 0 Å². The molecule has 6 nitrogen and oxygen atoms in total. The topological polar surface area (TPSA) is 68.8 Å². The highest BCUT2D eigenvalue weighted by Gasteiger charge is 2.06. The van der Waals surface area contributed by atoms with Crippen molar-refractivity contribution in [3.8, 4) is 11.3 Å². The van der Waals surface area contributed by atoms with Crippen LogP contribution in [0.4, 0.5) is 5.95 Å². The Morgan fingerprint density at radius 2 is 2.05 bits per heavy atom. The quantitative estimate of drug-likeness (QED) is 0.706. The van der Waals surface area contributed by atoms with Crippen LogP contribution in [-0.4, -0.2) is 20.2 Å². The summed E-state index contributed by atoms with van der Waals surface area (Å²) in [6.45, 7) is 4.63. The average Bonchev–Trinajstić information content (AvgIpc) is 3.16. The first-order valence-electron chi connectivity index (χ1n) is 6.72. The van der Waals surface area contributed by atoms with E-state index in [4.69, 9.17) is 16.0 Å². The van der Waals surface area contributed by atoms with Crippen LogP contribution in [0, 0.1) is 0 Å². The van der Waals surface area contributed by atoms with Crippen LogP contribution >= 0.6 is 11.6 Å². The van der Waals surface area contributed by atoms with Crippen molar-refractivity contribution in [1.29, 1.82) is 0 Å². The summed E-state index contributed by atoms with van der Waals surface area (Å²) in [7, 11) is 0. The summed E-state index contributed by atoms with van der Waals surface area (Å²) >= 11 is 5.88. The molecule has 0 aliphatic rings. The number of anilines is 1. The molecule has 2 aromatic heterocycles. The normalized spacial score (nSPS) is 10.6. The van der Waals surface area contributed by atoms with Gasteiger partial charge >= 0.3 is 0 Å². The van der Waals surface area contributed by atoms with Gasteiger partial charge in [0.2, 0.25) is 0 Å². The Bertz CT molecular complexity index is 762. The molecule has 0 saturated heterocycles. The fourth-order valence-corrected chi connectivity index (χ4v) is 2.04. The fraction of sp³-hybridized carbons (Fsp3) is 0.133. The molecule has 0 radical (unpaired) electrons. The van der Waals surface area contributed by atoms with Crippen LogP contribution in [0.25, 0.3) is 11.3 Å². The van der Waals surface area contributed by atoms with Gasteiger partial charge in [-0.05, 0) is 41.6 Å². The zero-order valence-electron chi connectivity index (χ0n) is 11.7. The summed E-state index contributed by atoms with van der Waals surface area (Å²) < 4.78 is 5.78. The molecule has 3 aromatic rings. The molecular weight excluding hydrogens is 302 g/mol. The molecule has 1 N–H and O–H groups in total. The van der Waals surface area contributed by atoms with Crippen molar-refractivity contribution in [2.45, 2.75) is 13.1 Å². The van der Waals surface area contributed by atoms with Gasteiger partial charge < -0.3 is 9.73 Å². The largest absolute Gasteiger partial charge is 0.459 e. The summed E-state index contributed by atoms with van der Waals surface area (Å²) in [5.41, 5.74) is 0.978. The fourth-order valence-electron chi connectivity index (χ4n) is 1.92. The highest BCUT2D eigenvalue weighted by Crippen LogP contribution is 2.24. The monoisotopic (exact) mass is 315 g/mol. The molecule has 7 heteroatoms. The number of nitrogens with zero attached hydrogens (tertiary/aromatic N) is 4. The van der Waals surface area contributed by atoms with Gasteiger partial charge in [0.05, 0.1) is 13.1 Å².